The van der Waals surface area contributed by atoms with Crippen molar-refractivity contribution in [3.63, 3.8) is 0 Å². The Hall–Kier alpha value is -2.67. The lowest BCUT2D eigenvalue weighted by molar-refractivity contribution is -0.136. The van der Waals surface area contributed by atoms with E-state index in [-0.39, 0.29) is 17.7 Å². The van der Waals surface area contributed by atoms with Crippen molar-refractivity contribution in [1.82, 2.24) is 14.8 Å². The third-order valence-corrected chi connectivity index (χ3v) is 5.63. The molecule has 2 aliphatic rings. The van der Waals surface area contributed by atoms with E-state index in [0.29, 0.717) is 39.2 Å². The minimum atomic E-state index is -0.227. The van der Waals surface area contributed by atoms with Gasteiger partial charge in [-0.3, -0.25) is 9.59 Å². The van der Waals surface area contributed by atoms with Crippen molar-refractivity contribution >= 4 is 28.5 Å². The number of para-hydroxylation sites is 1. The highest BCUT2D eigenvalue weighted by atomic mass is 16.5. The molecule has 0 bridgehead atoms. The molecule has 2 saturated heterocycles. The molecule has 2 aliphatic heterocycles. The first kappa shape index (κ1) is 18.7. The molecule has 1 atom stereocenters. The van der Waals surface area contributed by atoms with Crippen LogP contribution < -0.4 is 4.90 Å². The van der Waals surface area contributed by atoms with Crippen LogP contribution in [0.25, 0.3) is 10.9 Å². The number of hydrogen-bond donors (Lipinski definition) is 0. The standard InChI is InChI=1S/C21H26N4O3/c1-28-13-12-25-15-17(14-20(25)26)21(27)24-10-8-23(9-11-24)19-7-6-16-4-2-3-5-18(16)22-19/h2-7,17H,8-15H2,1H3. The summed E-state index contributed by atoms with van der Waals surface area (Å²) >= 11 is 0. The number of aromatic nitrogens is 1. The summed E-state index contributed by atoms with van der Waals surface area (Å²) in [6.07, 6.45) is 0.314. The minimum absolute atomic E-state index is 0.0504. The van der Waals surface area contributed by atoms with Crippen molar-refractivity contribution in [3.8, 4) is 0 Å². The maximum absolute atomic E-state index is 12.9. The van der Waals surface area contributed by atoms with Crippen LogP contribution in [0.15, 0.2) is 36.4 Å². The SMILES string of the molecule is COCCN1CC(C(=O)N2CCN(c3ccc4ccccc4n3)CC2)CC1=O. The number of rotatable bonds is 5. The number of anilines is 1. The van der Waals surface area contributed by atoms with Crippen molar-refractivity contribution in [2.45, 2.75) is 6.42 Å². The summed E-state index contributed by atoms with van der Waals surface area (Å²) in [6.45, 7) is 4.40. The van der Waals surface area contributed by atoms with Crippen molar-refractivity contribution < 1.29 is 14.3 Å². The molecule has 1 aromatic heterocycles. The molecule has 0 spiro atoms. The lowest BCUT2D eigenvalue weighted by Gasteiger charge is -2.36. The zero-order chi connectivity index (χ0) is 19.5. The Kier molecular flexibility index (Phi) is 5.43. The van der Waals surface area contributed by atoms with Crippen LogP contribution in [0.1, 0.15) is 6.42 Å². The number of likely N-dealkylation sites (tertiary alicyclic amines) is 1. The topological polar surface area (TPSA) is 66.0 Å². The van der Waals surface area contributed by atoms with E-state index in [1.807, 2.05) is 29.2 Å². The number of carbonyl (C=O) groups is 2. The highest BCUT2D eigenvalue weighted by Crippen LogP contribution is 2.23. The third kappa shape index (κ3) is 3.80. The van der Waals surface area contributed by atoms with Crippen LogP contribution in [0.2, 0.25) is 0 Å². The van der Waals surface area contributed by atoms with Gasteiger partial charge in [0.1, 0.15) is 5.82 Å². The van der Waals surface area contributed by atoms with Crippen molar-refractivity contribution in [3.05, 3.63) is 36.4 Å². The van der Waals surface area contributed by atoms with E-state index in [1.165, 1.54) is 0 Å². The molecule has 2 aromatic rings. The predicted molar refractivity (Wildman–Crippen MR) is 107 cm³/mol. The molecule has 3 heterocycles. The molecule has 1 aromatic carbocycles. The van der Waals surface area contributed by atoms with Gasteiger partial charge < -0.3 is 19.4 Å². The van der Waals surface area contributed by atoms with Crippen LogP contribution in [0.5, 0.6) is 0 Å². The average molecular weight is 382 g/mol. The van der Waals surface area contributed by atoms with Crippen LogP contribution in [0.4, 0.5) is 5.82 Å². The molecular weight excluding hydrogens is 356 g/mol. The molecule has 2 amide bonds. The summed E-state index contributed by atoms with van der Waals surface area (Å²) in [5.41, 5.74) is 0.985. The van der Waals surface area contributed by atoms with Gasteiger partial charge in [-0.05, 0) is 18.2 Å². The molecule has 4 rings (SSSR count). The molecule has 2 fully saturated rings. The van der Waals surface area contributed by atoms with E-state index in [2.05, 4.69) is 17.0 Å². The maximum atomic E-state index is 12.9. The fourth-order valence-electron chi connectivity index (χ4n) is 4.00. The largest absolute Gasteiger partial charge is 0.383 e. The number of amides is 2. The molecule has 0 radical (unpaired) electrons. The van der Waals surface area contributed by atoms with Gasteiger partial charge in [-0.15, -0.1) is 0 Å². The molecule has 1 unspecified atom stereocenters. The van der Waals surface area contributed by atoms with Crippen LogP contribution in [0.3, 0.4) is 0 Å². The number of hydrogen-bond acceptors (Lipinski definition) is 5. The van der Waals surface area contributed by atoms with Crippen molar-refractivity contribution in [1.29, 1.82) is 0 Å². The summed E-state index contributed by atoms with van der Waals surface area (Å²) in [6, 6.07) is 12.2. The lowest BCUT2D eigenvalue weighted by Crippen LogP contribution is -2.51. The first-order valence-corrected chi connectivity index (χ1v) is 9.82. The summed E-state index contributed by atoms with van der Waals surface area (Å²) in [5.74, 6) is 0.871. The molecule has 7 nitrogen and oxygen atoms in total. The van der Waals surface area contributed by atoms with Crippen molar-refractivity contribution in [2.75, 3.05) is 57.9 Å². The van der Waals surface area contributed by atoms with Crippen molar-refractivity contribution in [2.24, 2.45) is 5.92 Å². The minimum Gasteiger partial charge on any atom is -0.383 e. The highest BCUT2D eigenvalue weighted by Gasteiger charge is 2.37. The summed E-state index contributed by atoms with van der Waals surface area (Å²) in [7, 11) is 1.62. The van der Waals surface area contributed by atoms with Gasteiger partial charge in [-0.2, -0.15) is 0 Å². The number of piperazine rings is 1. The molecule has 0 aliphatic carbocycles. The molecule has 7 heteroatoms. The first-order chi connectivity index (χ1) is 13.7. The zero-order valence-corrected chi connectivity index (χ0v) is 16.2. The number of methoxy groups -OCH3 is 1. The highest BCUT2D eigenvalue weighted by molar-refractivity contribution is 5.89. The smallest absolute Gasteiger partial charge is 0.228 e. The number of benzene rings is 1. The van der Waals surface area contributed by atoms with Gasteiger partial charge in [0.2, 0.25) is 11.8 Å². The Bertz CT molecular complexity index is 864. The summed E-state index contributed by atoms with van der Waals surface area (Å²) in [5, 5.41) is 1.13. The summed E-state index contributed by atoms with van der Waals surface area (Å²) < 4.78 is 5.04. The zero-order valence-electron chi connectivity index (χ0n) is 16.2. The molecule has 28 heavy (non-hydrogen) atoms. The number of nitrogens with zero attached hydrogens (tertiary/aromatic N) is 4. The van der Waals surface area contributed by atoms with E-state index in [1.54, 1.807) is 12.0 Å². The molecule has 148 valence electrons. The van der Waals surface area contributed by atoms with Gasteiger partial charge in [0.15, 0.2) is 0 Å². The number of carbonyl (C=O) groups excluding carboxylic acids is 2. The predicted octanol–water partition coefficient (Wildman–Crippen LogP) is 1.38. The van der Waals surface area contributed by atoms with Crippen LogP contribution in [-0.4, -0.2) is 79.6 Å². The Balaban J connectivity index is 1.34. The van der Waals surface area contributed by atoms with Gasteiger partial charge in [0.05, 0.1) is 18.0 Å². The Labute approximate surface area is 164 Å². The van der Waals surface area contributed by atoms with Gasteiger partial charge in [0.25, 0.3) is 0 Å². The second kappa shape index (κ2) is 8.14. The first-order valence-electron chi connectivity index (χ1n) is 9.82. The number of fused-ring (bicyclic) bond motifs is 1. The van der Waals surface area contributed by atoms with E-state index in [9.17, 15) is 9.59 Å². The molecule has 0 N–H and O–H groups in total. The van der Waals surface area contributed by atoms with Crippen LogP contribution in [0, 0.1) is 5.92 Å². The number of pyridine rings is 1. The summed E-state index contributed by atoms with van der Waals surface area (Å²) in [4.78, 5) is 35.6. The lowest BCUT2D eigenvalue weighted by atomic mass is 10.1. The average Bonchev–Trinajstić information content (AvgIpc) is 3.12. The third-order valence-electron chi connectivity index (χ3n) is 5.63. The maximum Gasteiger partial charge on any atom is 0.228 e. The van der Waals surface area contributed by atoms with E-state index in [0.717, 1.165) is 29.8 Å². The Morgan fingerprint density at radius 1 is 1.14 bits per heavy atom. The van der Waals surface area contributed by atoms with E-state index < -0.39 is 0 Å². The van der Waals surface area contributed by atoms with Gasteiger partial charge in [0, 0.05) is 58.2 Å². The monoisotopic (exact) mass is 382 g/mol. The quantitative estimate of drug-likeness (QED) is 0.782. The molecule has 0 saturated carbocycles. The number of ether oxygens (including phenoxy) is 1. The van der Waals surface area contributed by atoms with Crippen LogP contribution in [-0.2, 0) is 14.3 Å². The Morgan fingerprint density at radius 3 is 2.71 bits per heavy atom. The van der Waals surface area contributed by atoms with Gasteiger partial charge >= 0.3 is 0 Å². The fraction of sp³-hybridized carbons (Fsp3) is 0.476. The van der Waals surface area contributed by atoms with Crippen LogP contribution >= 0.6 is 0 Å². The second-order valence-electron chi connectivity index (χ2n) is 7.41. The molecular formula is C21H26N4O3. The van der Waals surface area contributed by atoms with Gasteiger partial charge in [-0.25, -0.2) is 4.98 Å². The second-order valence-corrected chi connectivity index (χ2v) is 7.41. The van der Waals surface area contributed by atoms with Gasteiger partial charge in [-0.1, -0.05) is 18.2 Å². The van der Waals surface area contributed by atoms with E-state index >= 15 is 0 Å². The fourth-order valence-corrected chi connectivity index (χ4v) is 4.00. The Morgan fingerprint density at radius 2 is 1.93 bits per heavy atom. The van der Waals surface area contributed by atoms with E-state index in [4.69, 9.17) is 9.72 Å². The normalized spacial score (nSPS) is 20.2.